The maximum atomic E-state index is 12.1. The first-order valence-electron chi connectivity index (χ1n) is 8.60. The molecule has 0 amide bonds. The molecule has 1 aliphatic rings. The highest BCUT2D eigenvalue weighted by atomic mass is 16.5. The summed E-state index contributed by atoms with van der Waals surface area (Å²) < 4.78 is 5.17. The average Bonchev–Trinajstić information content (AvgIpc) is 2.59. The number of nitrogens with one attached hydrogen (secondary N) is 1. The number of nitrogens with zero attached hydrogens (tertiary/aromatic N) is 3. The minimum atomic E-state index is -0.0478. The number of H-pyrrole nitrogens is 1. The van der Waals surface area contributed by atoms with Crippen LogP contribution < -0.4 is 5.56 Å². The van der Waals surface area contributed by atoms with Crippen LogP contribution in [0.4, 0.5) is 0 Å². The summed E-state index contributed by atoms with van der Waals surface area (Å²) in [4.78, 5) is 24.5. The Morgan fingerprint density at radius 3 is 2.92 bits per heavy atom. The number of hydrogen-bond acceptors (Lipinski definition) is 5. The minimum Gasteiger partial charge on any atom is -0.383 e. The summed E-state index contributed by atoms with van der Waals surface area (Å²) in [5.41, 5.74) is 0.724. The third-order valence-corrected chi connectivity index (χ3v) is 4.76. The van der Waals surface area contributed by atoms with Gasteiger partial charge in [0.25, 0.3) is 5.56 Å². The Labute approximate surface area is 142 Å². The third kappa shape index (κ3) is 4.01. The molecule has 130 valence electrons. The van der Waals surface area contributed by atoms with E-state index in [1.165, 1.54) is 0 Å². The Balaban J connectivity index is 1.58. The Morgan fingerprint density at radius 1 is 1.29 bits per heavy atom. The number of ether oxygens (including phenoxy) is 1. The van der Waals surface area contributed by atoms with Gasteiger partial charge in [0.05, 0.1) is 17.5 Å². The van der Waals surface area contributed by atoms with Gasteiger partial charge in [-0.05, 0) is 19.1 Å². The highest BCUT2D eigenvalue weighted by Gasteiger charge is 2.23. The third-order valence-electron chi connectivity index (χ3n) is 4.76. The second kappa shape index (κ2) is 7.88. The number of fused-ring (bicyclic) bond motifs is 1. The summed E-state index contributed by atoms with van der Waals surface area (Å²) in [7, 11) is 1.75. The fourth-order valence-corrected chi connectivity index (χ4v) is 3.33. The van der Waals surface area contributed by atoms with Crippen LogP contribution in [0.3, 0.4) is 0 Å². The van der Waals surface area contributed by atoms with Gasteiger partial charge in [0.1, 0.15) is 5.82 Å². The lowest BCUT2D eigenvalue weighted by molar-refractivity contribution is 0.0594. The van der Waals surface area contributed by atoms with E-state index in [4.69, 9.17) is 4.74 Å². The number of methoxy groups -OCH3 is 1. The molecular formula is C18H26N4O2. The molecule has 0 spiro atoms. The van der Waals surface area contributed by atoms with Gasteiger partial charge < -0.3 is 14.6 Å². The molecular weight excluding hydrogens is 304 g/mol. The number of piperazine rings is 1. The number of hydrogen-bond donors (Lipinski definition) is 1. The molecule has 6 heteroatoms. The first-order chi connectivity index (χ1) is 11.7. The van der Waals surface area contributed by atoms with Crippen molar-refractivity contribution in [1.82, 2.24) is 19.8 Å². The van der Waals surface area contributed by atoms with Crippen molar-refractivity contribution in [1.29, 1.82) is 0 Å². The van der Waals surface area contributed by atoms with Gasteiger partial charge in [0.2, 0.25) is 0 Å². The predicted molar refractivity (Wildman–Crippen MR) is 95.4 cm³/mol. The van der Waals surface area contributed by atoms with Gasteiger partial charge in [-0.2, -0.15) is 0 Å². The second-order valence-corrected chi connectivity index (χ2v) is 6.46. The lowest BCUT2D eigenvalue weighted by Crippen LogP contribution is -2.52. The van der Waals surface area contributed by atoms with Crippen LogP contribution in [0.5, 0.6) is 0 Å². The van der Waals surface area contributed by atoms with Crippen molar-refractivity contribution in [3.05, 3.63) is 40.4 Å². The van der Waals surface area contributed by atoms with Crippen molar-refractivity contribution < 1.29 is 4.74 Å². The van der Waals surface area contributed by atoms with E-state index >= 15 is 0 Å². The monoisotopic (exact) mass is 330 g/mol. The Kier molecular flexibility index (Phi) is 5.60. The Bertz CT molecular complexity index is 730. The molecule has 0 bridgehead atoms. The van der Waals surface area contributed by atoms with Crippen LogP contribution in [0.2, 0.25) is 0 Å². The summed E-state index contributed by atoms with van der Waals surface area (Å²) in [5.74, 6) is 0.771. The van der Waals surface area contributed by atoms with E-state index in [2.05, 4.69) is 26.7 Å². The molecule has 0 radical (unpaired) electrons. The molecule has 1 atom stereocenters. The summed E-state index contributed by atoms with van der Waals surface area (Å²) in [6, 6.07) is 8.01. The number of aromatic nitrogens is 2. The quantitative estimate of drug-likeness (QED) is 0.860. The van der Waals surface area contributed by atoms with Crippen LogP contribution in [-0.2, 0) is 11.2 Å². The Morgan fingerprint density at radius 2 is 2.12 bits per heavy atom. The SMILES string of the molecule is COCCN1CCN(CCc2nc3ccccc3c(=O)[nH]2)C[C@@H]1C. The lowest BCUT2D eigenvalue weighted by atomic mass is 10.2. The largest absolute Gasteiger partial charge is 0.383 e. The molecule has 0 unspecified atom stereocenters. The van der Waals surface area contributed by atoms with E-state index in [-0.39, 0.29) is 5.56 Å². The van der Waals surface area contributed by atoms with Crippen LogP contribution in [0, 0.1) is 0 Å². The summed E-state index contributed by atoms with van der Waals surface area (Å²) >= 11 is 0. The number of benzene rings is 1. The van der Waals surface area contributed by atoms with E-state index in [9.17, 15) is 4.79 Å². The lowest BCUT2D eigenvalue weighted by Gasteiger charge is -2.39. The summed E-state index contributed by atoms with van der Waals surface area (Å²) in [6.45, 7) is 8.11. The second-order valence-electron chi connectivity index (χ2n) is 6.46. The normalized spacial score (nSPS) is 19.8. The molecule has 1 N–H and O–H groups in total. The van der Waals surface area contributed by atoms with Crippen LogP contribution in [-0.4, -0.2) is 72.3 Å². The van der Waals surface area contributed by atoms with Crippen molar-refractivity contribution in [2.45, 2.75) is 19.4 Å². The van der Waals surface area contributed by atoms with Crippen LogP contribution in [0.1, 0.15) is 12.7 Å². The maximum absolute atomic E-state index is 12.1. The summed E-state index contributed by atoms with van der Waals surface area (Å²) in [5, 5.41) is 0.654. The van der Waals surface area contributed by atoms with Crippen molar-refractivity contribution in [2.75, 3.05) is 46.4 Å². The minimum absolute atomic E-state index is 0.0478. The standard InChI is InChI=1S/C18H26N4O2/c1-14-13-21(9-10-22(14)11-12-24-2)8-7-17-19-16-6-4-3-5-15(16)18(23)20-17/h3-6,14H,7-13H2,1-2H3,(H,19,20,23)/t14-/m0/s1. The van der Waals surface area contributed by atoms with Gasteiger partial charge >= 0.3 is 0 Å². The predicted octanol–water partition coefficient (Wildman–Crippen LogP) is 1.12. The highest BCUT2D eigenvalue weighted by Crippen LogP contribution is 2.10. The smallest absolute Gasteiger partial charge is 0.258 e. The first-order valence-corrected chi connectivity index (χ1v) is 8.60. The molecule has 2 heterocycles. The zero-order chi connectivity index (χ0) is 16.9. The van der Waals surface area contributed by atoms with Crippen molar-refractivity contribution in [3.8, 4) is 0 Å². The first kappa shape index (κ1) is 17.1. The molecule has 1 saturated heterocycles. The molecule has 1 fully saturated rings. The topological polar surface area (TPSA) is 61.5 Å². The van der Waals surface area contributed by atoms with Gasteiger partial charge in [-0.1, -0.05) is 12.1 Å². The molecule has 3 rings (SSSR count). The van der Waals surface area contributed by atoms with Crippen LogP contribution >= 0.6 is 0 Å². The maximum Gasteiger partial charge on any atom is 0.258 e. The molecule has 6 nitrogen and oxygen atoms in total. The van der Waals surface area contributed by atoms with E-state index in [0.29, 0.717) is 11.4 Å². The van der Waals surface area contributed by atoms with Gasteiger partial charge in [-0.25, -0.2) is 4.98 Å². The molecule has 24 heavy (non-hydrogen) atoms. The fourth-order valence-electron chi connectivity index (χ4n) is 3.33. The van der Waals surface area contributed by atoms with Crippen LogP contribution in [0.15, 0.2) is 29.1 Å². The molecule has 0 aliphatic carbocycles. The number of rotatable bonds is 6. The Hall–Kier alpha value is -1.76. The van der Waals surface area contributed by atoms with E-state index < -0.39 is 0 Å². The number of para-hydroxylation sites is 1. The molecule has 1 aliphatic heterocycles. The van der Waals surface area contributed by atoms with E-state index in [1.807, 2.05) is 24.3 Å². The van der Waals surface area contributed by atoms with Crippen molar-refractivity contribution in [3.63, 3.8) is 0 Å². The van der Waals surface area contributed by atoms with Gasteiger partial charge in [-0.3, -0.25) is 9.69 Å². The summed E-state index contributed by atoms with van der Waals surface area (Å²) in [6.07, 6.45) is 0.769. The van der Waals surface area contributed by atoms with E-state index in [0.717, 1.165) is 57.1 Å². The van der Waals surface area contributed by atoms with Gasteiger partial charge in [-0.15, -0.1) is 0 Å². The molecule has 1 aromatic carbocycles. The van der Waals surface area contributed by atoms with Crippen LogP contribution in [0.25, 0.3) is 10.9 Å². The molecule has 1 aromatic heterocycles. The van der Waals surface area contributed by atoms with Gasteiger partial charge in [0.15, 0.2) is 0 Å². The van der Waals surface area contributed by atoms with Crippen molar-refractivity contribution >= 4 is 10.9 Å². The number of aromatic amines is 1. The van der Waals surface area contributed by atoms with E-state index in [1.54, 1.807) is 7.11 Å². The highest BCUT2D eigenvalue weighted by molar-refractivity contribution is 5.77. The average molecular weight is 330 g/mol. The zero-order valence-electron chi connectivity index (χ0n) is 14.5. The zero-order valence-corrected chi connectivity index (χ0v) is 14.5. The molecule has 0 saturated carbocycles. The molecule has 2 aromatic rings. The fraction of sp³-hybridized carbons (Fsp3) is 0.556. The van der Waals surface area contributed by atoms with Crippen molar-refractivity contribution in [2.24, 2.45) is 0 Å². The van der Waals surface area contributed by atoms with Gasteiger partial charge in [0, 0.05) is 52.3 Å².